The lowest BCUT2D eigenvalue weighted by molar-refractivity contribution is -0.148. The summed E-state index contributed by atoms with van der Waals surface area (Å²) < 4.78 is 5.77. The Morgan fingerprint density at radius 2 is 0.918 bits per heavy atom. The van der Waals surface area contributed by atoms with Gasteiger partial charge >= 0.3 is 5.97 Å². The smallest absolute Gasteiger partial charge is 0.306 e. The standard InChI is InChI=1S/C55H95NO5/c1-4-7-10-13-16-19-22-25-27-30-32-35-38-41-44-47-53(58)52(50-57)56-54(59)49-51(46-43-40-37-34-31-29-26-23-20-17-14-11-8-5-2)61-55(60)48-45-42-39-36-33-28-24-21-18-15-12-9-6-3/h8,11,17,20,26,28-29,33-34,37,39,42-43,46,51-53,57-58H,4-7,9-10,12-16,18-19,21-25,27,30-32,35-36,38,40-41,44-45,47-50H2,1-3H3,(H,56,59)/b11-8+,20-17+,29-26+,33-28-,37-34+,42-39+,46-43+. The average molecular weight is 850 g/mol. The molecule has 0 saturated carbocycles. The molecule has 0 aliphatic rings. The number of aliphatic hydroxyl groups is 2. The summed E-state index contributed by atoms with van der Waals surface area (Å²) in [6, 6.07) is -0.756. The molecule has 0 aromatic carbocycles. The lowest BCUT2D eigenvalue weighted by Gasteiger charge is -2.23. The number of nitrogens with one attached hydrogen (secondary N) is 1. The zero-order valence-electron chi connectivity index (χ0n) is 39.8. The quantitative estimate of drug-likeness (QED) is 0.0322. The van der Waals surface area contributed by atoms with Gasteiger partial charge in [-0.2, -0.15) is 0 Å². The summed E-state index contributed by atoms with van der Waals surface area (Å²) in [7, 11) is 0. The van der Waals surface area contributed by atoms with Crippen LogP contribution in [0.25, 0.3) is 0 Å². The number of carbonyl (C=O) groups excluding carboxylic acids is 2. The fraction of sp³-hybridized carbons (Fsp3) is 0.709. The van der Waals surface area contributed by atoms with Gasteiger partial charge in [-0.15, -0.1) is 0 Å². The molecule has 0 aromatic rings. The van der Waals surface area contributed by atoms with E-state index in [1.807, 2.05) is 12.2 Å². The Labute approximate surface area is 376 Å². The maximum atomic E-state index is 13.1. The summed E-state index contributed by atoms with van der Waals surface area (Å²) in [6.45, 7) is 6.30. The van der Waals surface area contributed by atoms with E-state index in [0.717, 1.165) is 57.8 Å². The van der Waals surface area contributed by atoms with E-state index in [1.165, 1.54) is 116 Å². The molecular formula is C55H95NO5. The molecule has 6 nitrogen and oxygen atoms in total. The van der Waals surface area contributed by atoms with E-state index in [-0.39, 0.29) is 31.3 Å². The lowest BCUT2D eigenvalue weighted by Crippen LogP contribution is -2.46. The normalized spacial score (nSPS) is 14.0. The van der Waals surface area contributed by atoms with Crippen LogP contribution in [-0.4, -0.2) is 46.9 Å². The molecule has 0 radical (unpaired) electrons. The van der Waals surface area contributed by atoms with Gasteiger partial charge in [-0.05, 0) is 70.3 Å². The molecule has 0 aliphatic heterocycles. The fourth-order valence-electron chi connectivity index (χ4n) is 7.15. The lowest BCUT2D eigenvalue weighted by atomic mass is 10.0. The van der Waals surface area contributed by atoms with Crippen molar-refractivity contribution >= 4 is 11.9 Å². The average Bonchev–Trinajstić information content (AvgIpc) is 3.25. The van der Waals surface area contributed by atoms with Crippen LogP contribution in [-0.2, 0) is 14.3 Å². The van der Waals surface area contributed by atoms with E-state index in [0.29, 0.717) is 19.3 Å². The van der Waals surface area contributed by atoms with E-state index in [4.69, 9.17) is 4.74 Å². The second kappa shape index (κ2) is 48.1. The maximum absolute atomic E-state index is 13.1. The Morgan fingerprint density at radius 1 is 0.508 bits per heavy atom. The number of unbranched alkanes of at least 4 members (excludes halogenated alkanes) is 20. The predicted octanol–water partition coefficient (Wildman–Crippen LogP) is 15.2. The first-order valence-corrected chi connectivity index (χ1v) is 25.3. The molecule has 61 heavy (non-hydrogen) atoms. The number of esters is 1. The third-order valence-electron chi connectivity index (χ3n) is 11.0. The van der Waals surface area contributed by atoms with Gasteiger partial charge in [-0.25, -0.2) is 0 Å². The zero-order chi connectivity index (χ0) is 44.5. The first kappa shape index (κ1) is 58.0. The first-order valence-electron chi connectivity index (χ1n) is 25.3. The van der Waals surface area contributed by atoms with Gasteiger partial charge in [-0.3, -0.25) is 9.59 Å². The summed E-state index contributed by atoms with van der Waals surface area (Å²) >= 11 is 0. The molecule has 0 spiro atoms. The van der Waals surface area contributed by atoms with Gasteiger partial charge in [-0.1, -0.05) is 228 Å². The van der Waals surface area contributed by atoms with Crippen molar-refractivity contribution in [2.24, 2.45) is 0 Å². The van der Waals surface area contributed by atoms with Crippen LogP contribution in [0.1, 0.15) is 226 Å². The van der Waals surface area contributed by atoms with Crippen LogP contribution in [0.15, 0.2) is 85.1 Å². The Hall–Kier alpha value is -2.96. The molecular weight excluding hydrogens is 755 g/mol. The van der Waals surface area contributed by atoms with Gasteiger partial charge in [0.1, 0.15) is 6.10 Å². The van der Waals surface area contributed by atoms with Crippen molar-refractivity contribution in [1.29, 1.82) is 0 Å². The van der Waals surface area contributed by atoms with E-state index < -0.39 is 18.2 Å². The molecule has 3 N–H and O–H groups in total. The Kier molecular flexibility index (Phi) is 45.7. The number of amides is 1. The minimum absolute atomic E-state index is 0.0716. The van der Waals surface area contributed by atoms with Gasteiger partial charge in [0.05, 0.1) is 25.2 Å². The molecule has 350 valence electrons. The highest BCUT2D eigenvalue weighted by Crippen LogP contribution is 2.15. The number of hydrogen-bond acceptors (Lipinski definition) is 5. The molecule has 0 saturated heterocycles. The molecule has 1 amide bonds. The van der Waals surface area contributed by atoms with Crippen molar-refractivity contribution in [3.8, 4) is 0 Å². The third-order valence-corrected chi connectivity index (χ3v) is 11.0. The van der Waals surface area contributed by atoms with Crippen LogP contribution in [0.5, 0.6) is 0 Å². The molecule has 3 atom stereocenters. The third kappa shape index (κ3) is 43.5. The molecule has 0 aromatic heterocycles. The van der Waals surface area contributed by atoms with Gasteiger partial charge in [0.2, 0.25) is 5.91 Å². The Balaban J connectivity index is 4.78. The van der Waals surface area contributed by atoms with Crippen molar-refractivity contribution in [3.05, 3.63) is 85.1 Å². The number of ether oxygens (including phenoxy) is 1. The second-order valence-corrected chi connectivity index (χ2v) is 16.8. The van der Waals surface area contributed by atoms with Gasteiger partial charge in [0.15, 0.2) is 0 Å². The van der Waals surface area contributed by atoms with Crippen LogP contribution in [0.3, 0.4) is 0 Å². The van der Waals surface area contributed by atoms with Gasteiger partial charge in [0, 0.05) is 6.42 Å². The van der Waals surface area contributed by atoms with Gasteiger partial charge in [0.25, 0.3) is 0 Å². The van der Waals surface area contributed by atoms with Gasteiger partial charge < -0.3 is 20.3 Å². The molecule has 0 heterocycles. The van der Waals surface area contributed by atoms with Crippen molar-refractivity contribution in [2.45, 2.75) is 244 Å². The molecule has 0 rings (SSSR count). The monoisotopic (exact) mass is 850 g/mol. The number of carbonyl (C=O) groups is 2. The summed E-state index contributed by atoms with van der Waals surface area (Å²) in [4.78, 5) is 26.0. The Bertz CT molecular complexity index is 1180. The summed E-state index contributed by atoms with van der Waals surface area (Å²) in [5, 5.41) is 23.7. The van der Waals surface area contributed by atoms with E-state index >= 15 is 0 Å². The second-order valence-electron chi connectivity index (χ2n) is 16.8. The largest absolute Gasteiger partial charge is 0.458 e. The fourth-order valence-corrected chi connectivity index (χ4v) is 7.15. The predicted molar refractivity (Wildman–Crippen MR) is 264 cm³/mol. The minimum Gasteiger partial charge on any atom is -0.458 e. The highest BCUT2D eigenvalue weighted by Gasteiger charge is 2.23. The zero-order valence-corrected chi connectivity index (χ0v) is 39.8. The van der Waals surface area contributed by atoms with Crippen molar-refractivity contribution in [3.63, 3.8) is 0 Å². The molecule has 3 unspecified atom stereocenters. The molecule has 0 fully saturated rings. The SMILES string of the molecule is CC/C=C/C/C=C/C/C=C/C/C=C/C/C=C/C(CC(=O)NC(CO)C(O)CCCCCCCCCCCCCCCCC)OC(=O)CC/C=C/C/C=C\CCCCCCCC. The molecule has 6 heteroatoms. The first-order chi connectivity index (χ1) is 30.0. The Morgan fingerprint density at radius 3 is 1.39 bits per heavy atom. The van der Waals surface area contributed by atoms with Crippen LogP contribution in [0.2, 0.25) is 0 Å². The molecule has 0 aliphatic carbocycles. The van der Waals surface area contributed by atoms with Crippen LogP contribution in [0, 0.1) is 0 Å². The van der Waals surface area contributed by atoms with E-state index in [1.54, 1.807) is 6.08 Å². The van der Waals surface area contributed by atoms with Crippen LogP contribution < -0.4 is 5.32 Å². The highest BCUT2D eigenvalue weighted by molar-refractivity contribution is 5.78. The summed E-state index contributed by atoms with van der Waals surface area (Å²) in [6.07, 6.45) is 62.6. The van der Waals surface area contributed by atoms with Crippen molar-refractivity contribution < 1.29 is 24.5 Å². The highest BCUT2D eigenvalue weighted by atomic mass is 16.5. The molecule has 0 bridgehead atoms. The minimum atomic E-state index is -0.831. The maximum Gasteiger partial charge on any atom is 0.306 e. The number of hydrogen-bond donors (Lipinski definition) is 3. The van der Waals surface area contributed by atoms with Crippen LogP contribution >= 0.6 is 0 Å². The van der Waals surface area contributed by atoms with Crippen LogP contribution in [0.4, 0.5) is 0 Å². The summed E-state index contributed by atoms with van der Waals surface area (Å²) in [5.74, 6) is -0.713. The van der Waals surface area contributed by atoms with E-state index in [2.05, 4.69) is 92.9 Å². The number of rotatable bonds is 44. The van der Waals surface area contributed by atoms with E-state index in [9.17, 15) is 19.8 Å². The van der Waals surface area contributed by atoms with Crippen molar-refractivity contribution in [2.75, 3.05) is 6.61 Å². The van der Waals surface area contributed by atoms with Crippen molar-refractivity contribution in [1.82, 2.24) is 5.32 Å². The number of aliphatic hydroxyl groups excluding tert-OH is 2. The summed E-state index contributed by atoms with van der Waals surface area (Å²) in [5.41, 5.74) is 0. The number of allylic oxidation sites excluding steroid dienone is 13. The topological polar surface area (TPSA) is 95.9 Å².